The number of benzene rings is 2. The number of esters is 1. The van der Waals surface area contributed by atoms with Crippen molar-refractivity contribution in [3.63, 3.8) is 0 Å². The molecule has 182 valence electrons. The zero-order chi connectivity index (χ0) is 24.5. The minimum atomic E-state index is -0.420. The third-order valence-electron chi connectivity index (χ3n) is 4.87. The fourth-order valence-corrected chi connectivity index (χ4v) is 5.28. The fourth-order valence-electron chi connectivity index (χ4n) is 3.27. The molecule has 0 fully saturated rings. The molecule has 0 saturated heterocycles. The molecule has 0 aliphatic carbocycles. The molecule has 0 aliphatic rings. The Hall–Kier alpha value is -2.98. The van der Waals surface area contributed by atoms with Crippen molar-refractivity contribution in [1.82, 2.24) is 4.57 Å². The van der Waals surface area contributed by atoms with E-state index in [1.54, 1.807) is 56.7 Å². The lowest BCUT2D eigenvalue weighted by Gasteiger charge is -2.09. The Kier molecular flexibility index (Phi) is 9.41. The van der Waals surface area contributed by atoms with Crippen molar-refractivity contribution in [2.75, 3.05) is 33.7 Å². The SMILES string of the molecule is CCOC(=O)Cn1c(=NC(=O)CCCSc2ccc(OC)cc2)sc2c(OC)ccc(OC)c21. The Morgan fingerprint density at radius 1 is 1.00 bits per heavy atom. The molecular weight excluding hydrogens is 476 g/mol. The standard InChI is InChI=1S/C24H28N2O6S2/c1-5-32-21(28)15-26-22-18(30-3)12-13-19(31-4)23(22)34-24(26)25-20(27)7-6-14-33-17-10-8-16(29-2)9-11-17/h8-13H,5-7,14-15H2,1-4H3. The van der Waals surface area contributed by atoms with Gasteiger partial charge in [-0.3, -0.25) is 9.59 Å². The Morgan fingerprint density at radius 2 is 1.71 bits per heavy atom. The van der Waals surface area contributed by atoms with Crippen LogP contribution in [0.15, 0.2) is 46.3 Å². The summed E-state index contributed by atoms with van der Waals surface area (Å²) in [5.74, 6) is 2.09. The highest BCUT2D eigenvalue weighted by molar-refractivity contribution is 7.99. The average Bonchev–Trinajstić information content (AvgIpc) is 3.19. The van der Waals surface area contributed by atoms with Gasteiger partial charge in [-0.15, -0.1) is 11.8 Å². The molecule has 10 heteroatoms. The maximum atomic E-state index is 12.7. The molecule has 0 atom stereocenters. The van der Waals surface area contributed by atoms with Crippen LogP contribution < -0.4 is 19.0 Å². The first-order valence-electron chi connectivity index (χ1n) is 10.7. The zero-order valence-electron chi connectivity index (χ0n) is 19.7. The van der Waals surface area contributed by atoms with Crippen LogP contribution >= 0.6 is 23.1 Å². The normalized spacial score (nSPS) is 11.5. The largest absolute Gasteiger partial charge is 0.497 e. The molecule has 34 heavy (non-hydrogen) atoms. The van der Waals surface area contributed by atoms with Gasteiger partial charge in [-0.25, -0.2) is 0 Å². The summed E-state index contributed by atoms with van der Waals surface area (Å²) in [4.78, 5) is 30.8. The van der Waals surface area contributed by atoms with Crippen molar-refractivity contribution in [1.29, 1.82) is 0 Å². The predicted molar refractivity (Wildman–Crippen MR) is 133 cm³/mol. The van der Waals surface area contributed by atoms with Crippen molar-refractivity contribution in [2.45, 2.75) is 31.2 Å². The first-order chi connectivity index (χ1) is 16.5. The second-order valence-corrected chi connectivity index (χ2v) is 9.20. The van der Waals surface area contributed by atoms with Crippen LogP contribution in [0.1, 0.15) is 19.8 Å². The van der Waals surface area contributed by atoms with Crippen LogP contribution in [0.25, 0.3) is 10.2 Å². The number of ether oxygens (including phenoxy) is 4. The van der Waals surface area contributed by atoms with Gasteiger partial charge in [0, 0.05) is 11.3 Å². The van der Waals surface area contributed by atoms with Crippen LogP contribution in [-0.4, -0.2) is 50.1 Å². The molecule has 0 bridgehead atoms. The van der Waals surface area contributed by atoms with Crippen LogP contribution in [0, 0.1) is 0 Å². The number of methoxy groups -OCH3 is 3. The van der Waals surface area contributed by atoms with Gasteiger partial charge in [0.1, 0.15) is 34.0 Å². The van der Waals surface area contributed by atoms with E-state index >= 15 is 0 Å². The third-order valence-corrected chi connectivity index (χ3v) is 7.06. The molecule has 0 spiro atoms. The van der Waals surface area contributed by atoms with Gasteiger partial charge in [0.15, 0.2) is 4.80 Å². The quantitative estimate of drug-likeness (QED) is 0.219. The molecule has 0 aliphatic heterocycles. The van der Waals surface area contributed by atoms with Crippen molar-refractivity contribution in [3.05, 3.63) is 41.2 Å². The molecule has 3 aromatic rings. The smallest absolute Gasteiger partial charge is 0.326 e. The number of nitrogens with zero attached hydrogens (tertiary/aromatic N) is 2. The minimum absolute atomic E-state index is 0.0865. The van der Waals surface area contributed by atoms with Crippen LogP contribution in [0.5, 0.6) is 17.2 Å². The summed E-state index contributed by atoms with van der Waals surface area (Å²) in [5.41, 5.74) is 0.640. The van der Waals surface area contributed by atoms with Gasteiger partial charge in [-0.1, -0.05) is 11.3 Å². The van der Waals surface area contributed by atoms with Crippen molar-refractivity contribution in [3.8, 4) is 17.2 Å². The molecule has 8 nitrogen and oxygen atoms in total. The molecule has 0 N–H and O–H groups in total. The Bertz CT molecular complexity index is 1200. The van der Waals surface area contributed by atoms with E-state index in [2.05, 4.69) is 4.99 Å². The molecular formula is C24H28N2O6S2. The molecule has 3 rings (SSSR count). The summed E-state index contributed by atoms with van der Waals surface area (Å²) < 4.78 is 23.7. The van der Waals surface area contributed by atoms with Crippen LogP contribution in [-0.2, 0) is 20.9 Å². The maximum absolute atomic E-state index is 12.7. The van der Waals surface area contributed by atoms with Crippen LogP contribution in [0.3, 0.4) is 0 Å². The molecule has 1 heterocycles. The second kappa shape index (κ2) is 12.5. The van der Waals surface area contributed by atoms with E-state index in [0.717, 1.165) is 21.1 Å². The molecule has 0 unspecified atom stereocenters. The van der Waals surface area contributed by atoms with Crippen LogP contribution in [0.4, 0.5) is 0 Å². The Labute approximate surface area is 206 Å². The van der Waals surface area contributed by atoms with Crippen molar-refractivity contribution < 1.29 is 28.5 Å². The van der Waals surface area contributed by atoms with Gasteiger partial charge in [0.2, 0.25) is 5.91 Å². The number of carbonyl (C=O) groups is 2. The first kappa shape index (κ1) is 25.6. The molecule has 1 aromatic heterocycles. The highest BCUT2D eigenvalue weighted by Gasteiger charge is 2.19. The number of hydrogen-bond acceptors (Lipinski definition) is 8. The maximum Gasteiger partial charge on any atom is 0.326 e. The highest BCUT2D eigenvalue weighted by Crippen LogP contribution is 2.35. The van der Waals surface area contributed by atoms with Gasteiger partial charge in [0.05, 0.1) is 27.9 Å². The fraction of sp³-hybridized carbons (Fsp3) is 0.375. The summed E-state index contributed by atoms with van der Waals surface area (Å²) >= 11 is 2.95. The number of thiazole rings is 1. The van der Waals surface area contributed by atoms with Gasteiger partial charge < -0.3 is 23.5 Å². The third kappa shape index (κ3) is 6.32. The van der Waals surface area contributed by atoms with Crippen LogP contribution in [0.2, 0.25) is 0 Å². The first-order valence-corrected chi connectivity index (χ1v) is 12.5. The van der Waals surface area contributed by atoms with Gasteiger partial charge in [-0.2, -0.15) is 4.99 Å². The van der Waals surface area contributed by atoms with E-state index in [-0.39, 0.29) is 19.1 Å². The van der Waals surface area contributed by atoms with E-state index in [1.165, 1.54) is 11.3 Å². The minimum Gasteiger partial charge on any atom is -0.497 e. The Balaban J connectivity index is 1.80. The topological polar surface area (TPSA) is 88.4 Å². The van der Waals surface area contributed by atoms with Gasteiger partial charge in [0.25, 0.3) is 0 Å². The van der Waals surface area contributed by atoms with Crippen molar-refractivity contribution in [2.24, 2.45) is 4.99 Å². The Morgan fingerprint density at radius 3 is 2.35 bits per heavy atom. The zero-order valence-corrected chi connectivity index (χ0v) is 21.3. The van der Waals surface area contributed by atoms with Crippen molar-refractivity contribution >= 4 is 45.2 Å². The summed E-state index contributed by atoms with van der Waals surface area (Å²) in [5, 5.41) is 0. The molecule has 1 amide bonds. The average molecular weight is 505 g/mol. The summed E-state index contributed by atoms with van der Waals surface area (Å²) in [6, 6.07) is 11.4. The summed E-state index contributed by atoms with van der Waals surface area (Å²) in [7, 11) is 4.76. The number of fused-ring (bicyclic) bond motifs is 1. The number of hydrogen-bond donors (Lipinski definition) is 0. The number of aromatic nitrogens is 1. The highest BCUT2D eigenvalue weighted by atomic mass is 32.2. The monoisotopic (exact) mass is 504 g/mol. The molecule has 2 aromatic carbocycles. The van der Waals surface area contributed by atoms with Gasteiger partial charge >= 0.3 is 5.97 Å². The molecule has 0 radical (unpaired) electrons. The molecule has 0 saturated carbocycles. The van der Waals surface area contributed by atoms with E-state index < -0.39 is 5.97 Å². The lowest BCUT2D eigenvalue weighted by atomic mass is 10.3. The number of thioether (sulfide) groups is 1. The number of carbonyl (C=O) groups excluding carboxylic acids is 2. The number of rotatable bonds is 11. The van der Waals surface area contributed by atoms with E-state index in [1.807, 2.05) is 24.3 Å². The summed E-state index contributed by atoms with van der Waals surface area (Å²) in [6.45, 7) is 1.92. The summed E-state index contributed by atoms with van der Waals surface area (Å²) in [6.07, 6.45) is 0.972. The van der Waals surface area contributed by atoms with Gasteiger partial charge in [-0.05, 0) is 55.5 Å². The van der Waals surface area contributed by atoms with E-state index in [9.17, 15) is 9.59 Å². The lowest BCUT2D eigenvalue weighted by Crippen LogP contribution is -2.23. The van der Waals surface area contributed by atoms with E-state index in [0.29, 0.717) is 34.7 Å². The van der Waals surface area contributed by atoms with E-state index in [4.69, 9.17) is 18.9 Å². The lowest BCUT2D eigenvalue weighted by molar-refractivity contribution is -0.143. The number of amides is 1. The predicted octanol–water partition coefficient (Wildman–Crippen LogP) is 4.29. The second-order valence-electron chi connectivity index (χ2n) is 7.06.